The SMILES string of the molecule is CCSC1CCC(NS(=O)(=O)c2ccc(CO)cc2)C1. The summed E-state index contributed by atoms with van der Waals surface area (Å²) in [6.07, 6.45) is 2.90. The fourth-order valence-corrected chi connectivity index (χ4v) is 4.92. The smallest absolute Gasteiger partial charge is 0.240 e. The van der Waals surface area contributed by atoms with Crippen molar-refractivity contribution in [3.63, 3.8) is 0 Å². The molecule has 0 radical (unpaired) electrons. The molecule has 0 aromatic heterocycles. The average molecular weight is 315 g/mol. The molecular weight excluding hydrogens is 294 g/mol. The zero-order valence-corrected chi connectivity index (χ0v) is 13.2. The third-order valence-electron chi connectivity index (χ3n) is 3.52. The molecule has 20 heavy (non-hydrogen) atoms. The summed E-state index contributed by atoms with van der Waals surface area (Å²) in [5, 5.41) is 9.55. The number of hydrogen-bond donors (Lipinski definition) is 2. The Morgan fingerprint density at radius 3 is 2.60 bits per heavy atom. The number of aliphatic hydroxyl groups is 1. The molecule has 2 unspecified atom stereocenters. The molecule has 0 amide bonds. The summed E-state index contributed by atoms with van der Waals surface area (Å²) >= 11 is 1.91. The van der Waals surface area contributed by atoms with Crippen molar-refractivity contribution in [1.82, 2.24) is 4.72 Å². The lowest BCUT2D eigenvalue weighted by Crippen LogP contribution is -2.33. The maximum atomic E-state index is 12.3. The molecule has 0 heterocycles. The van der Waals surface area contributed by atoms with E-state index < -0.39 is 10.0 Å². The van der Waals surface area contributed by atoms with Crippen LogP contribution in [0.3, 0.4) is 0 Å². The van der Waals surface area contributed by atoms with Gasteiger partial charge in [-0.3, -0.25) is 0 Å². The van der Waals surface area contributed by atoms with Gasteiger partial charge in [0.1, 0.15) is 0 Å². The van der Waals surface area contributed by atoms with Crippen LogP contribution in [0.15, 0.2) is 29.2 Å². The molecule has 4 nitrogen and oxygen atoms in total. The van der Waals surface area contributed by atoms with E-state index in [0.29, 0.717) is 10.8 Å². The number of sulfonamides is 1. The summed E-state index contributed by atoms with van der Waals surface area (Å²) in [7, 11) is -3.45. The van der Waals surface area contributed by atoms with Gasteiger partial charge in [-0.1, -0.05) is 19.1 Å². The lowest BCUT2D eigenvalue weighted by Gasteiger charge is -2.13. The molecule has 112 valence electrons. The standard InChI is InChI=1S/C14H21NO3S2/c1-2-19-13-6-5-12(9-13)15-20(17,18)14-7-3-11(10-16)4-8-14/h3-4,7-8,12-13,15-16H,2,5-6,9-10H2,1H3. The van der Waals surface area contributed by atoms with Crippen molar-refractivity contribution >= 4 is 21.8 Å². The molecule has 0 bridgehead atoms. The topological polar surface area (TPSA) is 66.4 Å². The molecule has 1 aromatic rings. The molecule has 0 saturated heterocycles. The van der Waals surface area contributed by atoms with Crippen LogP contribution in [0.25, 0.3) is 0 Å². The summed E-state index contributed by atoms with van der Waals surface area (Å²) < 4.78 is 27.3. The summed E-state index contributed by atoms with van der Waals surface area (Å²) in [6.45, 7) is 2.05. The Balaban J connectivity index is 2.00. The molecule has 6 heteroatoms. The van der Waals surface area contributed by atoms with Crippen LogP contribution in [-0.2, 0) is 16.6 Å². The molecule has 2 rings (SSSR count). The second-order valence-electron chi connectivity index (χ2n) is 5.01. The first-order chi connectivity index (χ1) is 9.55. The zero-order chi connectivity index (χ0) is 14.6. The van der Waals surface area contributed by atoms with Crippen molar-refractivity contribution in [2.75, 3.05) is 5.75 Å². The molecule has 2 atom stereocenters. The van der Waals surface area contributed by atoms with Crippen molar-refractivity contribution in [1.29, 1.82) is 0 Å². The predicted octanol–water partition coefficient (Wildman–Crippen LogP) is 2.13. The molecule has 1 saturated carbocycles. The van der Waals surface area contributed by atoms with Crippen LogP contribution < -0.4 is 4.72 Å². The Bertz CT molecular complexity index is 528. The van der Waals surface area contributed by atoms with Crippen LogP contribution in [0.5, 0.6) is 0 Å². The molecule has 0 aliphatic heterocycles. The molecule has 0 spiro atoms. The quantitative estimate of drug-likeness (QED) is 0.844. The monoisotopic (exact) mass is 315 g/mol. The fourth-order valence-electron chi connectivity index (χ4n) is 2.50. The first-order valence-corrected chi connectivity index (χ1v) is 9.42. The lowest BCUT2D eigenvalue weighted by atomic mass is 10.2. The van der Waals surface area contributed by atoms with E-state index in [1.807, 2.05) is 11.8 Å². The van der Waals surface area contributed by atoms with Crippen LogP contribution in [0, 0.1) is 0 Å². The number of hydrogen-bond acceptors (Lipinski definition) is 4. The highest BCUT2D eigenvalue weighted by Gasteiger charge is 2.28. The van der Waals surface area contributed by atoms with Gasteiger partial charge in [0.15, 0.2) is 0 Å². The van der Waals surface area contributed by atoms with E-state index in [4.69, 9.17) is 5.11 Å². The second-order valence-corrected chi connectivity index (χ2v) is 8.30. The Morgan fingerprint density at radius 2 is 2.00 bits per heavy atom. The highest BCUT2D eigenvalue weighted by molar-refractivity contribution is 7.99. The van der Waals surface area contributed by atoms with Crippen molar-refractivity contribution in [2.45, 2.75) is 49.0 Å². The maximum absolute atomic E-state index is 12.3. The van der Waals surface area contributed by atoms with Crippen LogP contribution in [0.4, 0.5) is 0 Å². The van der Waals surface area contributed by atoms with E-state index in [9.17, 15) is 8.42 Å². The predicted molar refractivity (Wildman–Crippen MR) is 82.2 cm³/mol. The van der Waals surface area contributed by atoms with Crippen molar-refractivity contribution in [3.05, 3.63) is 29.8 Å². The van der Waals surface area contributed by atoms with Crippen LogP contribution >= 0.6 is 11.8 Å². The molecule has 1 aliphatic carbocycles. The number of aliphatic hydroxyl groups excluding tert-OH is 1. The highest BCUT2D eigenvalue weighted by Crippen LogP contribution is 2.30. The van der Waals surface area contributed by atoms with Gasteiger partial charge in [-0.2, -0.15) is 11.8 Å². The molecule has 1 aromatic carbocycles. The normalized spacial score (nSPS) is 23.1. The highest BCUT2D eigenvalue weighted by atomic mass is 32.2. The van der Waals surface area contributed by atoms with E-state index >= 15 is 0 Å². The maximum Gasteiger partial charge on any atom is 0.240 e. The van der Waals surface area contributed by atoms with Crippen molar-refractivity contribution in [3.8, 4) is 0 Å². The van der Waals surface area contributed by atoms with Crippen molar-refractivity contribution in [2.24, 2.45) is 0 Å². The average Bonchev–Trinajstić information content (AvgIpc) is 2.86. The summed E-state index contributed by atoms with van der Waals surface area (Å²) in [5.41, 5.74) is 0.712. The Hall–Kier alpha value is -0.560. The second kappa shape index (κ2) is 6.93. The van der Waals surface area contributed by atoms with Gasteiger partial charge in [0.2, 0.25) is 10.0 Å². The largest absolute Gasteiger partial charge is 0.392 e. The Morgan fingerprint density at radius 1 is 1.30 bits per heavy atom. The van der Waals surface area contributed by atoms with Crippen LogP contribution in [0.1, 0.15) is 31.7 Å². The van der Waals surface area contributed by atoms with Crippen LogP contribution in [0.2, 0.25) is 0 Å². The van der Waals surface area contributed by atoms with Gasteiger partial charge in [0, 0.05) is 11.3 Å². The molecular formula is C14H21NO3S2. The van der Waals surface area contributed by atoms with E-state index in [-0.39, 0.29) is 17.5 Å². The minimum Gasteiger partial charge on any atom is -0.392 e. The number of benzene rings is 1. The van der Waals surface area contributed by atoms with Gasteiger partial charge in [0.25, 0.3) is 0 Å². The Labute approximate surface area is 125 Å². The lowest BCUT2D eigenvalue weighted by molar-refractivity contribution is 0.282. The van der Waals surface area contributed by atoms with Crippen molar-refractivity contribution < 1.29 is 13.5 Å². The number of nitrogens with one attached hydrogen (secondary N) is 1. The molecule has 1 fully saturated rings. The molecule has 2 N–H and O–H groups in total. The zero-order valence-electron chi connectivity index (χ0n) is 11.6. The van der Waals surface area contributed by atoms with E-state index in [1.165, 1.54) is 0 Å². The third-order valence-corrected chi connectivity index (χ3v) is 6.29. The van der Waals surface area contributed by atoms with Gasteiger partial charge >= 0.3 is 0 Å². The molecule has 1 aliphatic rings. The summed E-state index contributed by atoms with van der Waals surface area (Å²) in [5.74, 6) is 1.08. The van der Waals surface area contributed by atoms with Gasteiger partial charge < -0.3 is 5.11 Å². The third kappa shape index (κ3) is 3.97. The first-order valence-electron chi connectivity index (χ1n) is 6.89. The Kier molecular flexibility index (Phi) is 5.49. The fraction of sp³-hybridized carbons (Fsp3) is 0.571. The van der Waals surface area contributed by atoms with Gasteiger partial charge in [-0.25, -0.2) is 13.1 Å². The minimum absolute atomic E-state index is 0.0431. The number of rotatable bonds is 6. The van der Waals surface area contributed by atoms with Crippen LogP contribution in [-0.4, -0.2) is 30.6 Å². The van der Waals surface area contributed by atoms with Gasteiger partial charge in [-0.05, 0) is 42.7 Å². The minimum atomic E-state index is -3.45. The van der Waals surface area contributed by atoms with Gasteiger partial charge in [0.05, 0.1) is 11.5 Å². The number of thioether (sulfide) groups is 1. The van der Waals surface area contributed by atoms with E-state index in [0.717, 1.165) is 25.0 Å². The summed E-state index contributed by atoms with van der Waals surface area (Å²) in [4.78, 5) is 0.265. The van der Waals surface area contributed by atoms with E-state index in [1.54, 1.807) is 24.3 Å². The van der Waals surface area contributed by atoms with E-state index in [2.05, 4.69) is 11.6 Å². The summed E-state index contributed by atoms with van der Waals surface area (Å²) in [6, 6.07) is 6.40. The first kappa shape index (κ1) is 15.8. The van der Waals surface area contributed by atoms with Gasteiger partial charge in [-0.15, -0.1) is 0 Å².